The number of phenolic OH excluding ortho intramolecular Hbond substituents is 7. The maximum absolute atomic E-state index is 12.2. The molecule has 1 aromatic heterocycles. The predicted molar refractivity (Wildman–Crippen MR) is 145 cm³/mol. The van der Waals surface area contributed by atoms with Crippen molar-refractivity contribution in [1.82, 2.24) is 0 Å². The minimum atomic E-state index is -1.67. The SMILES string of the molecule is O=C(/C=C/c1ccc(O)c(O)c1)OCC1OC(Oc2cc3c(O)cc(O)cc3[o+]c2-c2cc(O)c(O)c(O)c2)C(O)C1O. The Morgan fingerprint density at radius 2 is 1.56 bits per heavy atom. The molecule has 0 bridgehead atoms. The first-order valence-electron chi connectivity index (χ1n) is 12.5. The van der Waals surface area contributed by atoms with E-state index in [1.54, 1.807) is 0 Å². The van der Waals surface area contributed by atoms with E-state index in [1.807, 2.05) is 0 Å². The third-order valence-corrected chi connectivity index (χ3v) is 6.51. The second-order valence-electron chi connectivity index (χ2n) is 9.53. The molecule has 0 aliphatic carbocycles. The molecule has 4 aromatic rings. The Labute approximate surface area is 241 Å². The molecule has 5 rings (SSSR count). The number of phenols is 7. The lowest BCUT2D eigenvalue weighted by molar-refractivity contribution is -0.149. The van der Waals surface area contributed by atoms with Gasteiger partial charge in [-0.05, 0) is 23.8 Å². The van der Waals surface area contributed by atoms with E-state index >= 15 is 0 Å². The number of aromatic hydroxyl groups is 7. The fourth-order valence-corrected chi connectivity index (χ4v) is 4.30. The third-order valence-electron chi connectivity index (χ3n) is 6.51. The molecule has 0 saturated carbocycles. The summed E-state index contributed by atoms with van der Waals surface area (Å²) in [4.78, 5) is 12.2. The number of carbonyl (C=O) groups excluding carboxylic acids is 1. The quantitative estimate of drug-likeness (QED) is 0.0644. The van der Waals surface area contributed by atoms with E-state index in [4.69, 9.17) is 18.6 Å². The number of benzene rings is 3. The van der Waals surface area contributed by atoms with E-state index in [1.165, 1.54) is 36.4 Å². The lowest BCUT2D eigenvalue weighted by Gasteiger charge is -2.16. The smallest absolute Gasteiger partial charge is 0.402 e. The van der Waals surface area contributed by atoms with E-state index < -0.39 is 60.2 Å². The number of carbonyl (C=O) groups is 1. The molecule has 14 heteroatoms. The van der Waals surface area contributed by atoms with Crippen LogP contribution in [0.15, 0.2) is 59.0 Å². The van der Waals surface area contributed by atoms with Crippen LogP contribution in [0.4, 0.5) is 0 Å². The Kier molecular flexibility index (Phi) is 7.74. The molecule has 1 saturated heterocycles. The summed E-state index contributed by atoms with van der Waals surface area (Å²) in [6, 6.07) is 9.43. The van der Waals surface area contributed by atoms with Crippen LogP contribution in [0.25, 0.3) is 28.4 Å². The van der Waals surface area contributed by atoms with Gasteiger partial charge in [0.05, 0.1) is 11.6 Å². The molecule has 14 nitrogen and oxygen atoms in total. The number of hydrogen-bond donors (Lipinski definition) is 9. The number of fused-ring (bicyclic) bond motifs is 1. The average Bonchev–Trinajstić information content (AvgIpc) is 3.22. The van der Waals surface area contributed by atoms with Gasteiger partial charge < -0.3 is 60.2 Å². The Hall–Kier alpha value is -5.44. The summed E-state index contributed by atoms with van der Waals surface area (Å²) in [6.07, 6.45) is -3.72. The normalized spacial score (nSPS) is 20.0. The Bertz CT molecular complexity index is 1710. The number of esters is 1. The molecule has 4 atom stereocenters. The predicted octanol–water partition coefficient (Wildman–Crippen LogP) is 2.40. The van der Waals surface area contributed by atoms with Crippen molar-refractivity contribution >= 4 is 23.0 Å². The molecule has 1 aliphatic rings. The number of ether oxygens (including phenoxy) is 3. The summed E-state index contributed by atoms with van der Waals surface area (Å²) in [7, 11) is 0. The van der Waals surface area contributed by atoms with E-state index in [-0.39, 0.29) is 45.3 Å². The van der Waals surface area contributed by atoms with Crippen molar-refractivity contribution in [3.05, 3.63) is 60.2 Å². The summed E-state index contributed by atoms with van der Waals surface area (Å²) in [5, 5.41) is 90.1. The van der Waals surface area contributed by atoms with Gasteiger partial charge in [-0.25, -0.2) is 9.21 Å². The minimum Gasteiger partial charge on any atom is -0.507 e. The van der Waals surface area contributed by atoms with Crippen molar-refractivity contribution in [2.45, 2.75) is 24.6 Å². The molecule has 0 radical (unpaired) electrons. The van der Waals surface area contributed by atoms with Crippen molar-refractivity contribution in [2.75, 3.05) is 6.61 Å². The Morgan fingerprint density at radius 1 is 0.837 bits per heavy atom. The van der Waals surface area contributed by atoms with Crippen LogP contribution in [0, 0.1) is 0 Å². The molecule has 4 unspecified atom stereocenters. The molecular weight excluding hydrogens is 572 g/mol. The van der Waals surface area contributed by atoms with E-state index in [2.05, 4.69) is 0 Å². The largest absolute Gasteiger partial charge is 0.507 e. The van der Waals surface area contributed by atoms with Crippen molar-refractivity contribution in [2.24, 2.45) is 0 Å². The van der Waals surface area contributed by atoms with Gasteiger partial charge in [0.25, 0.3) is 0 Å². The summed E-state index contributed by atoms with van der Waals surface area (Å²) in [6.45, 7) is -0.503. The van der Waals surface area contributed by atoms with Gasteiger partial charge in [0.1, 0.15) is 41.8 Å². The van der Waals surface area contributed by atoms with Crippen molar-refractivity contribution in [3.8, 4) is 57.3 Å². The number of aliphatic hydroxyl groups excluding tert-OH is 2. The molecule has 0 spiro atoms. The first kappa shape index (κ1) is 29.1. The van der Waals surface area contributed by atoms with Gasteiger partial charge in [0.2, 0.25) is 12.0 Å². The fourth-order valence-electron chi connectivity index (χ4n) is 4.30. The molecule has 43 heavy (non-hydrogen) atoms. The molecule has 0 amide bonds. The highest BCUT2D eigenvalue weighted by Crippen LogP contribution is 2.45. The Morgan fingerprint density at radius 3 is 2.26 bits per heavy atom. The highest BCUT2D eigenvalue weighted by Gasteiger charge is 2.46. The number of aliphatic hydroxyl groups is 2. The molecule has 1 fully saturated rings. The van der Waals surface area contributed by atoms with E-state index in [0.717, 1.165) is 24.3 Å². The van der Waals surface area contributed by atoms with Crippen molar-refractivity contribution in [3.63, 3.8) is 0 Å². The van der Waals surface area contributed by atoms with Gasteiger partial charge in [-0.2, -0.15) is 0 Å². The molecule has 2 heterocycles. The zero-order chi connectivity index (χ0) is 31.0. The molecule has 1 aliphatic heterocycles. The molecule has 224 valence electrons. The molecule has 3 aromatic carbocycles. The van der Waals surface area contributed by atoms with Crippen LogP contribution < -0.4 is 4.74 Å². The molecule has 9 N–H and O–H groups in total. The lowest BCUT2D eigenvalue weighted by atomic mass is 10.1. The second-order valence-corrected chi connectivity index (χ2v) is 9.53. The minimum absolute atomic E-state index is 0.0280. The zero-order valence-corrected chi connectivity index (χ0v) is 21.9. The summed E-state index contributed by atoms with van der Waals surface area (Å²) >= 11 is 0. The van der Waals surface area contributed by atoms with Crippen LogP contribution in [0.2, 0.25) is 0 Å². The third kappa shape index (κ3) is 5.97. The van der Waals surface area contributed by atoms with E-state index in [9.17, 15) is 50.8 Å². The summed E-state index contributed by atoms with van der Waals surface area (Å²) in [5.74, 6) is -4.93. The van der Waals surface area contributed by atoms with Gasteiger partial charge in [0, 0.05) is 30.3 Å². The average molecular weight is 598 g/mol. The number of hydrogen-bond acceptors (Lipinski definition) is 13. The summed E-state index contributed by atoms with van der Waals surface area (Å²) in [5.41, 5.74) is 0.321. The zero-order valence-electron chi connectivity index (χ0n) is 21.9. The maximum atomic E-state index is 12.2. The van der Waals surface area contributed by atoms with Crippen LogP contribution >= 0.6 is 0 Å². The van der Waals surface area contributed by atoms with Crippen molar-refractivity contribution in [1.29, 1.82) is 0 Å². The van der Waals surface area contributed by atoms with E-state index in [0.29, 0.717) is 5.56 Å². The van der Waals surface area contributed by atoms with Gasteiger partial charge in [-0.3, -0.25) is 0 Å². The number of rotatable bonds is 7. The lowest BCUT2D eigenvalue weighted by Crippen LogP contribution is -2.36. The second kappa shape index (κ2) is 11.4. The first-order chi connectivity index (χ1) is 20.4. The van der Waals surface area contributed by atoms with Crippen LogP contribution in [0.1, 0.15) is 5.56 Å². The maximum Gasteiger partial charge on any atom is 0.402 e. The standard InChI is InChI=1S/C29H24O14/c30-14-8-17(32)15-10-22(28(41-21(15)9-14)13-6-19(34)25(37)20(35)7-13)42-29-27(39)26(38)23(43-29)11-40-24(36)4-2-12-1-3-16(31)18(33)5-12/h1-10,23,26-27,29,38-39H,11H2,(H6-,30,31,32,33,34,35,36,37)/p+1. The molecular formula is C29H25O14+. The topological polar surface area (TPSA) is 238 Å². The van der Waals surface area contributed by atoms with Gasteiger partial charge in [-0.1, -0.05) is 6.07 Å². The summed E-state index contributed by atoms with van der Waals surface area (Å²) < 4.78 is 22.3. The first-order valence-corrected chi connectivity index (χ1v) is 12.5. The van der Waals surface area contributed by atoms with Gasteiger partial charge in [-0.15, -0.1) is 0 Å². The van der Waals surface area contributed by atoms with Crippen LogP contribution in [-0.4, -0.2) is 83.1 Å². The van der Waals surface area contributed by atoms with Gasteiger partial charge in [0.15, 0.2) is 28.7 Å². The van der Waals surface area contributed by atoms with Crippen LogP contribution in [-0.2, 0) is 14.3 Å². The van der Waals surface area contributed by atoms with Crippen LogP contribution in [0.3, 0.4) is 0 Å². The van der Waals surface area contributed by atoms with Crippen LogP contribution in [0.5, 0.6) is 46.0 Å². The Balaban J connectivity index is 1.36. The highest BCUT2D eigenvalue weighted by molar-refractivity contribution is 5.89. The highest BCUT2D eigenvalue weighted by atomic mass is 16.7. The monoisotopic (exact) mass is 597 g/mol. The fraction of sp³-hybridized carbons (Fsp3) is 0.172. The van der Waals surface area contributed by atoms with Crippen molar-refractivity contribution < 1.29 is 69.4 Å². The van der Waals surface area contributed by atoms with Gasteiger partial charge >= 0.3 is 17.3 Å².